The minimum atomic E-state index is -1.74. The average Bonchev–Trinajstić information content (AvgIpc) is 2.54. The summed E-state index contributed by atoms with van der Waals surface area (Å²) >= 11 is 0. The maximum absolute atomic E-state index is 11.1. The number of nitro groups is 2. The first kappa shape index (κ1) is 18.0. The molecule has 0 amide bonds. The number of nitrogens with one attached hydrogen (secondary N) is 1. The molecule has 1 aromatic rings. The standard InChI is InChI=1S/C12H15N3O9/c16-4-8-10(17)9(11(18)12(19)24-8)13-6-2-1-5(14(20)21)3-7(6)15(22)23/h1-3,8-13,16-19H,4H2. The summed E-state index contributed by atoms with van der Waals surface area (Å²) in [5.74, 6) is 0. The van der Waals surface area contributed by atoms with Gasteiger partial charge in [0.25, 0.3) is 11.4 Å². The number of anilines is 1. The summed E-state index contributed by atoms with van der Waals surface area (Å²) < 4.78 is 4.80. The lowest BCUT2D eigenvalue weighted by Crippen LogP contribution is -2.61. The minimum Gasteiger partial charge on any atom is -0.394 e. The Morgan fingerprint density at radius 1 is 1.12 bits per heavy atom. The van der Waals surface area contributed by atoms with Crippen molar-refractivity contribution >= 4 is 17.1 Å². The van der Waals surface area contributed by atoms with Crippen molar-refractivity contribution in [2.45, 2.75) is 30.6 Å². The van der Waals surface area contributed by atoms with E-state index in [2.05, 4.69) is 5.32 Å². The minimum absolute atomic E-state index is 0.209. The maximum atomic E-state index is 11.1. The van der Waals surface area contributed by atoms with Crippen LogP contribution < -0.4 is 5.32 Å². The smallest absolute Gasteiger partial charge is 0.299 e. The SMILES string of the molecule is O=[N+]([O-])c1ccc(NC2C(O)C(O)OC(CO)C2O)c([N+](=O)[O-])c1. The van der Waals surface area contributed by atoms with Gasteiger partial charge in [0, 0.05) is 6.07 Å². The third-order valence-electron chi connectivity index (χ3n) is 3.61. The molecule has 0 saturated carbocycles. The van der Waals surface area contributed by atoms with Gasteiger partial charge in [-0.05, 0) is 6.07 Å². The molecule has 2 rings (SSSR count). The highest BCUT2D eigenvalue weighted by Crippen LogP contribution is 2.31. The van der Waals surface area contributed by atoms with Crippen LogP contribution in [0.2, 0.25) is 0 Å². The first-order chi connectivity index (χ1) is 11.3. The number of benzene rings is 1. The van der Waals surface area contributed by atoms with E-state index in [1.807, 2.05) is 0 Å². The van der Waals surface area contributed by atoms with Gasteiger partial charge in [-0.25, -0.2) is 0 Å². The summed E-state index contributed by atoms with van der Waals surface area (Å²) in [6, 6.07) is 1.46. The van der Waals surface area contributed by atoms with Gasteiger partial charge in [0.05, 0.1) is 28.6 Å². The number of nitro benzene ring substituents is 2. The van der Waals surface area contributed by atoms with E-state index in [0.717, 1.165) is 18.2 Å². The summed E-state index contributed by atoms with van der Waals surface area (Å²) in [6.45, 7) is -0.661. The van der Waals surface area contributed by atoms with Crippen LogP contribution in [0.4, 0.5) is 17.1 Å². The van der Waals surface area contributed by atoms with Crippen LogP contribution in [0.15, 0.2) is 18.2 Å². The molecule has 12 heteroatoms. The Hall–Kier alpha value is -2.38. The van der Waals surface area contributed by atoms with Crippen LogP contribution in [-0.4, -0.2) is 67.5 Å². The Balaban J connectivity index is 2.34. The van der Waals surface area contributed by atoms with E-state index in [1.54, 1.807) is 0 Å². The summed E-state index contributed by atoms with van der Waals surface area (Å²) in [5.41, 5.74) is -1.36. The van der Waals surface area contributed by atoms with Crippen LogP contribution >= 0.6 is 0 Å². The van der Waals surface area contributed by atoms with Crippen molar-refractivity contribution in [2.75, 3.05) is 11.9 Å². The fraction of sp³-hybridized carbons (Fsp3) is 0.500. The molecule has 1 fully saturated rings. The molecule has 0 spiro atoms. The van der Waals surface area contributed by atoms with E-state index in [9.17, 15) is 35.5 Å². The molecule has 5 N–H and O–H groups in total. The summed E-state index contributed by atoms with van der Waals surface area (Å²) in [6.07, 6.45) is -6.11. The van der Waals surface area contributed by atoms with Gasteiger partial charge < -0.3 is 30.5 Å². The first-order valence-electron chi connectivity index (χ1n) is 6.76. The van der Waals surface area contributed by atoms with Gasteiger partial charge in [0.15, 0.2) is 6.29 Å². The van der Waals surface area contributed by atoms with Crippen molar-refractivity contribution in [2.24, 2.45) is 0 Å². The molecule has 1 heterocycles. The van der Waals surface area contributed by atoms with Gasteiger partial charge in [0.2, 0.25) is 0 Å². The average molecular weight is 345 g/mol. The van der Waals surface area contributed by atoms with Crippen LogP contribution in [0.5, 0.6) is 0 Å². The molecule has 132 valence electrons. The zero-order chi connectivity index (χ0) is 18.0. The van der Waals surface area contributed by atoms with Gasteiger partial charge in [-0.3, -0.25) is 20.2 Å². The van der Waals surface area contributed by atoms with Crippen LogP contribution in [0.1, 0.15) is 0 Å². The molecular formula is C12H15N3O9. The lowest BCUT2D eigenvalue weighted by atomic mass is 9.96. The zero-order valence-electron chi connectivity index (χ0n) is 12.1. The molecular weight excluding hydrogens is 330 g/mol. The molecule has 5 atom stereocenters. The van der Waals surface area contributed by atoms with Crippen LogP contribution in [0.25, 0.3) is 0 Å². The number of nitrogens with zero attached hydrogens (tertiary/aromatic N) is 2. The third-order valence-corrected chi connectivity index (χ3v) is 3.61. The van der Waals surface area contributed by atoms with Crippen LogP contribution in [-0.2, 0) is 4.74 Å². The van der Waals surface area contributed by atoms with E-state index in [0.29, 0.717) is 0 Å². The molecule has 0 bridgehead atoms. The number of hydrogen-bond acceptors (Lipinski definition) is 10. The molecule has 12 nitrogen and oxygen atoms in total. The van der Waals surface area contributed by atoms with Crippen molar-refractivity contribution in [3.05, 3.63) is 38.4 Å². The number of aliphatic hydroxyl groups excluding tert-OH is 4. The number of non-ortho nitro benzene ring substituents is 1. The Labute approximate surface area is 134 Å². The van der Waals surface area contributed by atoms with Crippen molar-refractivity contribution in [1.29, 1.82) is 0 Å². The van der Waals surface area contributed by atoms with Crippen LogP contribution in [0, 0.1) is 20.2 Å². The molecule has 1 saturated heterocycles. The topological polar surface area (TPSA) is 188 Å². The van der Waals surface area contributed by atoms with Gasteiger partial charge >= 0.3 is 0 Å². The second-order valence-corrected chi connectivity index (χ2v) is 5.11. The number of hydrogen-bond donors (Lipinski definition) is 5. The normalized spacial score (nSPS) is 29.9. The summed E-state index contributed by atoms with van der Waals surface area (Å²) in [7, 11) is 0. The van der Waals surface area contributed by atoms with Crippen LogP contribution in [0.3, 0.4) is 0 Å². The van der Waals surface area contributed by atoms with E-state index >= 15 is 0 Å². The Morgan fingerprint density at radius 3 is 2.33 bits per heavy atom. The lowest BCUT2D eigenvalue weighted by Gasteiger charge is -2.40. The van der Waals surface area contributed by atoms with Gasteiger partial charge in [-0.15, -0.1) is 0 Å². The summed E-state index contributed by atoms with van der Waals surface area (Å²) in [5, 5.41) is 62.9. The van der Waals surface area contributed by atoms with E-state index in [-0.39, 0.29) is 5.69 Å². The fourth-order valence-corrected chi connectivity index (χ4v) is 2.36. The highest BCUT2D eigenvalue weighted by atomic mass is 16.6. The predicted octanol–water partition coefficient (Wildman–Crippen LogP) is -1.29. The third kappa shape index (κ3) is 3.42. The molecule has 24 heavy (non-hydrogen) atoms. The predicted molar refractivity (Wildman–Crippen MR) is 77.1 cm³/mol. The number of rotatable bonds is 5. The second kappa shape index (κ2) is 7.02. The maximum Gasteiger partial charge on any atom is 0.299 e. The van der Waals surface area contributed by atoms with E-state index < -0.39 is 58.5 Å². The highest BCUT2D eigenvalue weighted by Gasteiger charge is 2.44. The largest absolute Gasteiger partial charge is 0.394 e. The monoisotopic (exact) mass is 345 g/mol. The fourth-order valence-electron chi connectivity index (χ4n) is 2.36. The molecule has 0 radical (unpaired) electrons. The quantitative estimate of drug-likeness (QED) is 0.317. The molecule has 0 aromatic heterocycles. The van der Waals surface area contributed by atoms with Gasteiger partial charge in [0.1, 0.15) is 24.0 Å². The van der Waals surface area contributed by atoms with Crippen molar-refractivity contribution < 1.29 is 35.0 Å². The Morgan fingerprint density at radius 2 is 1.79 bits per heavy atom. The molecule has 0 aliphatic carbocycles. The second-order valence-electron chi connectivity index (χ2n) is 5.11. The first-order valence-corrected chi connectivity index (χ1v) is 6.76. The van der Waals surface area contributed by atoms with Crippen molar-refractivity contribution in [3.8, 4) is 0 Å². The molecule has 1 aromatic carbocycles. The molecule has 1 aliphatic heterocycles. The van der Waals surface area contributed by atoms with Crippen molar-refractivity contribution in [3.63, 3.8) is 0 Å². The van der Waals surface area contributed by atoms with E-state index in [1.165, 1.54) is 0 Å². The lowest BCUT2D eigenvalue weighted by molar-refractivity contribution is -0.393. The summed E-state index contributed by atoms with van der Waals surface area (Å²) in [4.78, 5) is 20.1. The highest BCUT2D eigenvalue weighted by molar-refractivity contribution is 5.66. The molecule has 1 aliphatic rings. The number of ether oxygens (including phenoxy) is 1. The van der Waals surface area contributed by atoms with Crippen molar-refractivity contribution in [1.82, 2.24) is 0 Å². The van der Waals surface area contributed by atoms with Gasteiger partial charge in [-0.1, -0.05) is 0 Å². The Kier molecular flexibility index (Phi) is 5.26. The zero-order valence-corrected chi connectivity index (χ0v) is 12.1. The van der Waals surface area contributed by atoms with E-state index in [4.69, 9.17) is 9.84 Å². The van der Waals surface area contributed by atoms with Gasteiger partial charge in [-0.2, -0.15) is 0 Å². The molecule has 5 unspecified atom stereocenters. The Bertz CT molecular complexity index is 640. The number of aliphatic hydroxyl groups is 4.